The Morgan fingerprint density at radius 2 is 2.38 bits per heavy atom. The lowest BCUT2D eigenvalue weighted by Gasteiger charge is -2.21. The first-order chi connectivity index (χ1) is 10.1. The van der Waals surface area contributed by atoms with Gasteiger partial charge in [-0.1, -0.05) is 6.92 Å². The second-order valence-corrected chi connectivity index (χ2v) is 6.99. The van der Waals surface area contributed by atoms with E-state index in [1.165, 1.54) is 6.20 Å². The van der Waals surface area contributed by atoms with Gasteiger partial charge < -0.3 is 10.1 Å². The SMILES string of the molecule is CCNCCn1cc(S(=O)(=O)NCC2CCCOC2)cn1. The molecule has 1 fully saturated rings. The van der Waals surface area contributed by atoms with Crippen LogP contribution in [0.5, 0.6) is 0 Å². The fraction of sp³-hybridized carbons (Fsp3) is 0.769. The van der Waals surface area contributed by atoms with E-state index in [0.717, 1.165) is 32.5 Å². The molecule has 1 aliphatic heterocycles. The van der Waals surface area contributed by atoms with E-state index in [-0.39, 0.29) is 10.8 Å². The molecule has 21 heavy (non-hydrogen) atoms. The van der Waals surface area contributed by atoms with Crippen LogP contribution in [0.4, 0.5) is 0 Å². The van der Waals surface area contributed by atoms with Crippen LogP contribution in [0.1, 0.15) is 19.8 Å². The normalized spacial score (nSPS) is 19.8. The van der Waals surface area contributed by atoms with Crippen LogP contribution in [0.15, 0.2) is 17.3 Å². The lowest BCUT2D eigenvalue weighted by molar-refractivity contribution is 0.0568. The van der Waals surface area contributed by atoms with Gasteiger partial charge in [0.15, 0.2) is 0 Å². The van der Waals surface area contributed by atoms with Gasteiger partial charge in [0.1, 0.15) is 4.90 Å². The standard InChI is InChI=1S/C13H24N4O3S/c1-2-14-5-6-17-10-13(9-15-17)21(18,19)16-8-12-4-3-7-20-11-12/h9-10,12,14,16H,2-8,11H2,1H3. The number of hydrogen-bond donors (Lipinski definition) is 2. The van der Waals surface area contributed by atoms with E-state index in [1.807, 2.05) is 6.92 Å². The molecule has 1 unspecified atom stereocenters. The molecule has 1 atom stereocenters. The minimum atomic E-state index is -3.48. The molecular formula is C13H24N4O3S. The first-order valence-electron chi connectivity index (χ1n) is 7.42. The van der Waals surface area contributed by atoms with Crippen LogP contribution < -0.4 is 10.0 Å². The third kappa shape index (κ3) is 5.06. The molecule has 8 heteroatoms. The van der Waals surface area contributed by atoms with E-state index in [4.69, 9.17) is 4.74 Å². The van der Waals surface area contributed by atoms with Gasteiger partial charge in [0.2, 0.25) is 10.0 Å². The molecule has 0 radical (unpaired) electrons. The molecule has 0 bridgehead atoms. The summed E-state index contributed by atoms with van der Waals surface area (Å²) in [6.07, 6.45) is 4.96. The summed E-state index contributed by atoms with van der Waals surface area (Å²) >= 11 is 0. The van der Waals surface area contributed by atoms with Gasteiger partial charge in [-0.3, -0.25) is 4.68 Å². The van der Waals surface area contributed by atoms with Crippen LogP contribution in [0.2, 0.25) is 0 Å². The number of sulfonamides is 1. The number of aromatic nitrogens is 2. The Kier molecular flexibility index (Phi) is 6.16. The van der Waals surface area contributed by atoms with Crippen LogP contribution in [-0.2, 0) is 21.3 Å². The maximum atomic E-state index is 12.2. The molecule has 1 aliphatic rings. The first-order valence-corrected chi connectivity index (χ1v) is 8.90. The van der Waals surface area contributed by atoms with Crippen LogP contribution in [-0.4, -0.2) is 51.0 Å². The molecule has 2 N–H and O–H groups in total. The zero-order chi connectivity index (χ0) is 15.1. The Hall–Kier alpha value is -0.960. The molecule has 2 heterocycles. The highest BCUT2D eigenvalue weighted by molar-refractivity contribution is 7.89. The van der Waals surface area contributed by atoms with Gasteiger partial charge in [-0.15, -0.1) is 0 Å². The van der Waals surface area contributed by atoms with Crippen molar-refractivity contribution in [3.63, 3.8) is 0 Å². The van der Waals surface area contributed by atoms with Gasteiger partial charge in [-0.2, -0.15) is 5.10 Å². The summed E-state index contributed by atoms with van der Waals surface area (Å²) in [5.74, 6) is 0.261. The minimum absolute atomic E-state index is 0.218. The average molecular weight is 316 g/mol. The van der Waals surface area contributed by atoms with Gasteiger partial charge in [0, 0.05) is 25.9 Å². The van der Waals surface area contributed by atoms with Crippen LogP contribution >= 0.6 is 0 Å². The monoisotopic (exact) mass is 316 g/mol. The highest BCUT2D eigenvalue weighted by atomic mass is 32.2. The second-order valence-electron chi connectivity index (χ2n) is 5.23. The smallest absolute Gasteiger partial charge is 0.243 e. The maximum Gasteiger partial charge on any atom is 0.243 e. The summed E-state index contributed by atoms with van der Waals surface area (Å²) in [4.78, 5) is 0.218. The molecule has 0 aliphatic carbocycles. The molecule has 0 saturated carbocycles. The zero-order valence-corrected chi connectivity index (χ0v) is 13.2. The van der Waals surface area contributed by atoms with Crippen molar-refractivity contribution in [2.24, 2.45) is 5.92 Å². The average Bonchev–Trinajstić information content (AvgIpc) is 2.96. The van der Waals surface area contributed by atoms with Crippen LogP contribution in [0.3, 0.4) is 0 Å². The van der Waals surface area contributed by atoms with Crippen molar-refractivity contribution in [3.8, 4) is 0 Å². The summed E-state index contributed by atoms with van der Waals surface area (Å²) in [7, 11) is -3.48. The van der Waals surface area contributed by atoms with Crippen molar-refractivity contribution in [1.29, 1.82) is 0 Å². The molecule has 2 rings (SSSR count). The van der Waals surface area contributed by atoms with Crippen LogP contribution in [0, 0.1) is 5.92 Å². The third-order valence-corrected chi connectivity index (χ3v) is 4.88. The van der Waals surface area contributed by atoms with E-state index >= 15 is 0 Å². The fourth-order valence-corrected chi connectivity index (χ4v) is 3.32. The van der Waals surface area contributed by atoms with Crippen molar-refractivity contribution in [2.75, 3.05) is 32.8 Å². The van der Waals surface area contributed by atoms with Gasteiger partial charge in [0.05, 0.1) is 19.3 Å². The third-order valence-electron chi connectivity index (χ3n) is 3.50. The number of ether oxygens (including phenoxy) is 1. The Labute approximate surface area is 126 Å². The van der Waals surface area contributed by atoms with E-state index in [9.17, 15) is 8.42 Å². The number of rotatable bonds is 8. The molecule has 1 aromatic rings. The lowest BCUT2D eigenvalue weighted by atomic mass is 10.0. The molecule has 120 valence electrons. The number of nitrogens with one attached hydrogen (secondary N) is 2. The fourth-order valence-electron chi connectivity index (χ4n) is 2.26. The van der Waals surface area contributed by atoms with Crippen molar-refractivity contribution < 1.29 is 13.2 Å². The molecule has 0 amide bonds. The molecule has 7 nitrogen and oxygen atoms in total. The van der Waals surface area contributed by atoms with E-state index in [1.54, 1.807) is 10.9 Å². The summed E-state index contributed by atoms with van der Waals surface area (Å²) in [5.41, 5.74) is 0. The molecule has 0 aromatic carbocycles. The van der Waals surface area contributed by atoms with Crippen molar-refractivity contribution in [1.82, 2.24) is 19.8 Å². The van der Waals surface area contributed by atoms with Crippen molar-refractivity contribution >= 4 is 10.0 Å². The lowest BCUT2D eigenvalue weighted by Crippen LogP contribution is -2.33. The van der Waals surface area contributed by atoms with Crippen LogP contribution in [0.25, 0.3) is 0 Å². The number of likely N-dealkylation sites (N-methyl/N-ethyl adjacent to an activating group) is 1. The Bertz CT molecular complexity index is 523. The van der Waals surface area contributed by atoms with Gasteiger partial charge in [-0.05, 0) is 25.3 Å². The highest BCUT2D eigenvalue weighted by Gasteiger charge is 2.20. The highest BCUT2D eigenvalue weighted by Crippen LogP contribution is 2.14. The van der Waals surface area contributed by atoms with E-state index in [0.29, 0.717) is 19.7 Å². The predicted octanol–water partition coefficient (Wildman–Crippen LogP) is 0.198. The molecule has 1 saturated heterocycles. The quantitative estimate of drug-likeness (QED) is 0.669. The summed E-state index contributed by atoms with van der Waals surface area (Å²) in [5, 5.41) is 7.25. The van der Waals surface area contributed by atoms with Gasteiger partial charge >= 0.3 is 0 Å². The summed E-state index contributed by atoms with van der Waals surface area (Å²) in [6, 6.07) is 0. The van der Waals surface area contributed by atoms with Crippen molar-refractivity contribution in [2.45, 2.75) is 31.2 Å². The second kappa shape index (κ2) is 7.88. The Morgan fingerprint density at radius 3 is 3.10 bits per heavy atom. The zero-order valence-electron chi connectivity index (χ0n) is 12.4. The Balaban J connectivity index is 1.86. The summed E-state index contributed by atoms with van der Waals surface area (Å²) < 4.78 is 34.0. The first kappa shape index (κ1) is 16.4. The summed E-state index contributed by atoms with van der Waals surface area (Å²) in [6.45, 7) is 6.16. The largest absolute Gasteiger partial charge is 0.381 e. The number of hydrogen-bond acceptors (Lipinski definition) is 5. The van der Waals surface area contributed by atoms with Gasteiger partial charge in [0.25, 0.3) is 0 Å². The maximum absolute atomic E-state index is 12.2. The number of nitrogens with zero attached hydrogens (tertiary/aromatic N) is 2. The predicted molar refractivity (Wildman–Crippen MR) is 79.5 cm³/mol. The molecule has 1 aromatic heterocycles. The van der Waals surface area contributed by atoms with E-state index < -0.39 is 10.0 Å². The van der Waals surface area contributed by atoms with Gasteiger partial charge in [-0.25, -0.2) is 13.1 Å². The topological polar surface area (TPSA) is 85.2 Å². The van der Waals surface area contributed by atoms with E-state index in [2.05, 4.69) is 15.1 Å². The Morgan fingerprint density at radius 1 is 1.52 bits per heavy atom. The minimum Gasteiger partial charge on any atom is -0.381 e. The van der Waals surface area contributed by atoms with Crippen molar-refractivity contribution in [3.05, 3.63) is 12.4 Å². The molecule has 0 spiro atoms. The molecular weight excluding hydrogens is 292 g/mol.